The van der Waals surface area contributed by atoms with Gasteiger partial charge in [-0.2, -0.15) is 0 Å². The number of hydrogen-bond acceptors (Lipinski definition) is 3. The Balaban J connectivity index is 2.16. The smallest absolute Gasteiger partial charge is 0.130 e. The molecule has 0 spiro atoms. The topological polar surface area (TPSA) is 55.9 Å². The number of nitrogens with zero attached hydrogens (tertiary/aromatic N) is 2. The van der Waals surface area contributed by atoms with Crippen LogP contribution in [-0.4, -0.2) is 9.55 Å². The summed E-state index contributed by atoms with van der Waals surface area (Å²) in [5.41, 5.74) is 3.37. The summed E-state index contributed by atoms with van der Waals surface area (Å²) >= 11 is 0. The number of rotatable bonds is 5. The minimum Gasteiger partial charge on any atom is -0.338 e. The zero-order chi connectivity index (χ0) is 14.7. The summed E-state index contributed by atoms with van der Waals surface area (Å²) < 4.78 is 29.0. The number of nitrogens with one attached hydrogen (secondary N) is 1. The highest BCUT2D eigenvalue weighted by Crippen LogP contribution is 2.23. The van der Waals surface area contributed by atoms with Gasteiger partial charge >= 0.3 is 0 Å². The molecular formula is C14H18F2N4. The van der Waals surface area contributed by atoms with Gasteiger partial charge < -0.3 is 4.57 Å². The maximum absolute atomic E-state index is 13.9. The van der Waals surface area contributed by atoms with Crippen molar-refractivity contribution < 1.29 is 8.78 Å². The Bertz CT molecular complexity index is 595. The Labute approximate surface area is 116 Å². The molecule has 1 aromatic carbocycles. The summed E-state index contributed by atoms with van der Waals surface area (Å²) in [7, 11) is 1.90. The lowest BCUT2D eigenvalue weighted by Crippen LogP contribution is -2.29. The summed E-state index contributed by atoms with van der Waals surface area (Å²) in [6, 6.07) is 2.01. The van der Waals surface area contributed by atoms with Gasteiger partial charge in [-0.15, -0.1) is 0 Å². The number of aryl methyl sites for hydroxylation is 3. The Hall–Kier alpha value is -1.79. The summed E-state index contributed by atoms with van der Waals surface area (Å²) in [6.07, 6.45) is 4.78. The molecule has 0 amide bonds. The number of benzene rings is 1. The van der Waals surface area contributed by atoms with Gasteiger partial charge in [0.05, 0.1) is 0 Å². The van der Waals surface area contributed by atoms with Gasteiger partial charge in [0.25, 0.3) is 0 Å². The molecule has 2 rings (SSSR count). The van der Waals surface area contributed by atoms with Crippen molar-refractivity contribution in [3.8, 4) is 0 Å². The summed E-state index contributed by atoms with van der Waals surface area (Å²) in [5.74, 6) is 5.26. The lowest BCUT2D eigenvalue weighted by molar-refractivity contribution is 0.473. The van der Waals surface area contributed by atoms with Gasteiger partial charge in [0, 0.05) is 43.5 Å². The highest BCUT2D eigenvalue weighted by molar-refractivity contribution is 5.28. The number of imidazole rings is 1. The molecule has 20 heavy (non-hydrogen) atoms. The third-order valence-electron chi connectivity index (χ3n) is 3.43. The fourth-order valence-corrected chi connectivity index (χ4v) is 2.19. The van der Waals surface area contributed by atoms with Crippen LogP contribution in [0.2, 0.25) is 0 Å². The molecule has 6 heteroatoms. The maximum atomic E-state index is 13.9. The molecule has 0 radical (unpaired) electrons. The van der Waals surface area contributed by atoms with E-state index in [1.54, 1.807) is 13.1 Å². The van der Waals surface area contributed by atoms with Crippen LogP contribution < -0.4 is 11.3 Å². The van der Waals surface area contributed by atoms with Crippen molar-refractivity contribution in [2.75, 3.05) is 0 Å². The zero-order valence-electron chi connectivity index (χ0n) is 11.5. The van der Waals surface area contributed by atoms with Crippen molar-refractivity contribution in [3.05, 3.63) is 53.1 Å². The minimum atomic E-state index is -0.587. The third-order valence-corrected chi connectivity index (χ3v) is 3.43. The molecule has 1 heterocycles. The quantitative estimate of drug-likeness (QED) is 0.652. The molecule has 2 aromatic rings. The second-order valence-corrected chi connectivity index (χ2v) is 4.84. The first-order chi connectivity index (χ1) is 9.52. The number of hydrogen-bond donors (Lipinski definition) is 2. The highest BCUT2D eigenvalue weighted by atomic mass is 19.1. The lowest BCUT2D eigenvalue weighted by atomic mass is 9.99. The fraction of sp³-hybridized carbons (Fsp3) is 0.357. The Morgan fingerprint density at radius 3 is 2.70 bits per heavy atom. The number of nitrogens with two attached hydrogens (primary N) is 1. The average Bonchev–Trinajstić information content (AvgIpc) is 2.81. The van der Waals surface area contributed by atoms with Gasteiger partial charge in [-0.05, 0) is 25.0 Å². The molecular weight excluding hydrogens is 262 g/mol. The van der Waals surface area contributed by atoms with Crippen LogP contribution >= 0.6 is 0 Å². The van der Waals surface area contributed by atoms with Gasteiger partial charge in [0.1, 0.15) is 17.5 Å². The van der Waals surface area contributed by atoms with Crippen molar-refractivity contribution in [1.29, 1.82) is 0 Å². The molecule has 0 saturated carbocycles. The van der Waals surface area contributed by atoms with Crippen LogP contribution in [-0.2, 0) is 13.5 Å². The maximum Gasteiger partial charge on any atom is 0.130 e. The standard InChI is InChI=1S/C14H18F2N4/c1-9-7-10(12(16)8-11(9)15)13(19-17)3-4-14-18-5-6-20(14)2/h5-8,13,19H,3-4,17H2,1-2H3. The van der Waals surface area contributed by atoms with Crippen LogP contribution in [0.3, 0.4) is 0 Å². The zero-order valence-corrected chi connectivity index (χ0v) is 11.5. The number of hydrazine groups is 1. The van der Waals surface area contributed by atoms with E-state index in [4.69, 9.17) is 5.84 Å². The van der Waals surface area contributed by atoms with Gasteiger partial charge in [0.15, 0.2) is 0 Å². The Morgan fingerprint density at radius 1 is 1.35 bits per heavy atom. The first kappa shape index (κ1) is 14.6. The van der Waals surface area contributed by atoms with E-state index in [1.807, 2.05) is 17.8 Å². The largest absolute Gasteiger partial charge is 0.338 e. The van der Waals surface area contributed by atoms with Gasteiger partial charge in [0.2, 0.25) is 0 Å². The lowest BCUT2D eigenvalue weighted by Gasteiger charge is -2.17. The van der Waals surface area contributed by atoms with Crippen molar-refractivity contribution in [1.82, 2.24) is 15.0 Å². The van der Waals surface area contributed by atoms with Crippen molar-refractivity contribution in [2.45, 2.75) is 25.8 Å². The monoisotopic (exact) mass is 280 g/mol. The van der Waals surface area contributed by atoms with E-state index < -0.39 is 11.6 Å². The molecule has 0 aliphatic rings. The number of aromatic nitrogens is 2. The van der Waals surface area contributed by atoms with Crippen molar-refractivity contribution >= 4 is 0 Å². The Morgan fingerprint density at radius 2 is 2.10 bits per heavy atom. The van der Waals surface area contributed by atoms with Gasteiger partial charge in [-0.25, -0.2) is 13.8 Å². The molecule has 108 valence electrons. The second-order valence-electron chi connectivity index (χ2n) is 4.84. The molecule has 0 aliphatic carbocycles. The van der Waals surface area contributed by atoms with E-state index in [0.29, 0.717) is 24.0 Å². The summed E-state index contributed by atoms with van der Waals surface area (Å²) in [4.78, 5) is 4.21. The van der Waals surface area contributed by atoms with E-state index in [1.165, 1.54) is 6.07 Å². The van der Waals surface area contributed by atoms with E-state index in [9.17, 15) is 8.78 Å². The van der Waals surface area contributed by atoms with E-state index >= 15 is 0 Å². The normalized spacial score (nSPS) is 12.7. The third kappa shape index (κ3) is 3.02. The van der Waals surface area contributed by atoms with Gasteiger partial charge in [-0.1, -0.05) is 0 Å². The van der Waals surface area contributed by atoms with Crippen LogP contribution in [0.25, 0.3) is 0 Å². The van der Waals surface area contributed by atoms with Crippen LogP contribution in [0.15, 0.2) is 24.5 Å². The minimum absolute atomic E-state index is 0.376. The predicted octanol–water partition coefficient (Wildman–Crippen LogP) is 2.14. The molecule has 1 aromatic heterocycles. The van der Waals surface area contributed by atoms with Crippen LogP contribution in [0.4, 0.5) is 8.78 Å². The molecule has 0 fully saturated rings. The van der Waals surface area contributed by atoms with Gasteiger partial charge in [-0.3, -0.25) is 11.3 Å². The second kappa shape index (κ2) is 6.11. The number of halogens is 2. The first-order valence-electron chi connectivity index (χ1n) is 6.40. The van der Waals surface area contributed by atoms with Crippen LogP contribution in [0.1, 0.15) is 29.4 Å². The molecule has 0 bridgehead atoms. The van der Waals surface area contributed by atoms with Crippen molar-refractivity contribution in [3.63, 3.8) is 0 Å². The summed E-state index contributed by atoms with van der Waals surface area (Å²) in [6.45, 7) is 1.60. The first-order valence-corrected chi connectivity index (χ1v) is 6.40. The van der Waals surface area contributed by atoms with E-state index in [2.05, 4.69) is 10.4 Å². The van der Waals surface area contributed by atoms with E-state index in [0.717, 1.165) is 11.9 Å². The fourth-order valence-electron chi connectivity index (χ4n) is 2.19. The SMILES string of the molecule is Cc1cc(C(CCc2nccn2C)NN)c(F)cc1F. The molecule has 4 nitrogen and oxygen atoms in total. The molecule has 3 N–H and O–H groups in total. The predicted molar refractivity (Wildman–Crippen MR) is 72.7 cm³/mol. The Kier molecular flexibility index (Phi) is 4.46. The van der Waals surface area contributed by atoms with Crippen LogP contribution in [0, 0.1) is 18.6 Å². The highest BCUT2D eigenvalue weighted by Gasteiger charge is 2.17. The summed E-state index contributed by atoms with van der Waals surface area (Å²) in [5, 5.41) is 0. The molecule has 1 atom stereocenters. The van der Waals surface area contributed by atoms with Crippen LogP contribution in [0.5, 0.6) is 0 Å². The van der Waals surface area contributed by atoms with Crippen molar-refractivity contribution in [2.24, 2.45) is 12.9 Å². The average molecular weight is 280 g/mol. The van der Waals surface area contributed by atoms with E-state index in [-0.39, 0.29) is 6.04 Å². The molecule has 1 unspecified atom stereocenters. The molecule has 0 aliphatic heterocycles. The molecule has 0 saturated heterocycles.